The molecule has 2 atom stereocenters. The lowest BCUT2D eigenvalue weighted by Crippen LogP contribution is -2.69. The molecule has 1 aliphatic heterocycles. The van der Waals surface area contributed by atoms with Crippen molar-refractivity contribution in [3.05, 3.63) is 0 Å². The van der Waals surface area contributed by atoms with Crippen molar-refractivity contribution in [2.24, 2.45) is 16.3 Å². The number of nitrogens with zero attached hydrogens (tertiary/aromatic N) is 2. The molecule has 7 heteroatoms. The van der Waals surface area contributed by atoms with E-state index in [2.05, 4.69) is 41.3 Å². The first-order valence-electron chi connectivity index (χ1n) is 9.60. The largest absolute Gasteiger partial charge is 0.383 e. The van der Waals surface area contributed by atoms with E-state index in [9.17, 15) is 0 Å². The van der Waals surface area contributed by atoms with E-state index in [1.54, 1.807) is 7.11 Å². The molecule has 154 valence electrons. The molecule has 2 aliphatic rings. The fourth-order valence-corrected chi connectivity index (χ4v) is 3.96. The zero-order valence-electron chi connectivity index (χ0n) is 17.4. The normalized spacial score (nSPS) is 29.6. The molecule has 0 aromatic heterocycles. The molecular formula is C19H39IN4O2. The number of guanidine groups is 1. The summed E-state index contributed by atoms with van der Waals surface area (Å²) in [5.74, 6) is 1.63. The quantitative estimate of drug-likeness (QED) is 0.332. The van der Waals surface area contributed by atoms with Gasteiger partial charge < -0.3 is 25.0 Å². The van der Waals surface area contributed by atoms with Gasteiger partial charge in [-0.05, 0) is 45.2 Å². The number of ether oxygens (including phenoxy) is 2. The van der Waals surface area contributed by atoms with Crippen LogP contribution in [0.15, 0.2) is 4.99 Å². The minimum absolute atomic E-state index is 0. The average molecular weight is 482 g/mol. The smallest absolute Gasteiger partial charge is 0.191 e. The molecule has 0 amide bonds. The van der Waals surface area contributed by atoms with Gasteiger partial charge in [0.25, 0.3) is 0 Å². The van der Waals surface area contributed by atoms with E-state index in [1.807, 2.05) is 14.2 Å². The lowest BCUT2D eigenvalue weighted by molar-refractivity contribution is -0.176. The number of aliphatic imine (C=N–C) groups is 1. The van der Waals surface area contributed by atoms with E-state index in [0.29, 0.717) is 6.04 Å². The zero-order chi connectivity index (χ0) is 18.5. The van der Waals surface area contributed by atoms with Gasteiger partial charge in [0.2, 0.25) is 0 Å². The van der Waals surface area contributed by atoms with Crippen LogP contribution in [0, 0.1) is 11.3 Å². The first-order valence-corrected chi connectivity index (χ1v) is 9.60. The standard InChI is InChI=1S/C19H38N4O2.HI/c1-18(2)16(13-19(18,3)25-6)22-17(20-4)21-14-15-7-9-23(10-8-15)11-12-24-5;/h15-16H,7-14H2,1-6H3,(H2,20,21,22);1H. The minimum Gasteiger partial charge on any atom is -0.383 e. The number of hydrogen-bond acceptors (Lipinski definition) is 4. The fourth-order valence-electron chi connectivity index (χ4n) is 3.96. The summed E-state index contributed by atoms with van der Waals surface area (Å²) in [7, 11) is 5.43. The summed E-state index contributed by atoms with van der Waals surface area (Å²) in [6.45, 7) is 11.9. The Balaban J connectivity index is 0.00000338. The van der Waals surface area contributed by atoms with Gasteiger partial charge in [0.05, 0.1) is 12.2 Å². The number of rotatable bonds is 7. The molecule has 1 aliphatic carbocycles. The molecule has 0 spiro atoms. The van der Waals surface area contributed by atoms with Gasteiger partial charge >= 0.3 is 0 Å². The van der Waals surface area contributed by atoms with E-state index >= 15 is 0 Å². The van der Waals surface area contributed by atoms with E-state index < -0.39 is 0 Å². The van der Waals surface area contributed by atoms with Crippen molar-refractivity contribution in [2.75, 3.05) is 54.1 Å². The minimum atomic E-state index is -0.0570. The molecular weight excluding hydrogens is 443 g/mol. The van der Waals surface area contributed by atoms with Crippen molar-refractivity contribution in [2.45, 2.75) is 51.7 Å². The maximum atomic E-state index is 5.71. The lowest BCUT2D eigenvalue weighted by Gasteiger charge is -2.59. The van der Waals surface area contributed by atoms with Crippen LogP contribution in [0.25, 0.3) is 0 Å². The summed E-state index contributed by atoms with van der Waals surface area (Å²) in [5, 5.41) is 7.13. The summed E-state index contributed by atoms with van der Waals surface area (Å²) in [4.78, 5) is 6.91. The SMILES string of the molecule is CN=C(NCC1CCN(CCOC)CC1)NC1CC(C)(OC)C1(C)C.I. The molecule has 2 unspecified atom stereocenters. The third-order valence-electron chi connectivity index (χ3n) is 6.69. The van der Waals surface area contributed by atoms with Crippen molar-refractivity contribution in [3.8, 4) is 0 Å². The van der Waals surface area contributed by atoms with Crippen LogP contribution >= 0.6 is 24.0 Å². The number of likely N-dealkylation sites (tertiary alicyclic amines) is 1. The Bertz CT molecular complexity index is 453. The highest BCUT2D eigenvalue weighted by Crippen LogP contribution is 2.51. The van der Waals surface area contributed by atoms with Gasteiger partial charge in [-0.2, -0.15) is 0 Å². The first kappa shape index (κ1) is 23.9. The Hall–Kier alpha value is -0.120. The highest BCUT2D eigenvalue weighted by molar-refractivity contribution is 14.0. The van der Waals surface area contributed by atoms with Gasteiger partial charge in [0.15, 0.2) is 5.96 Å². The third-order valence-corrected chi connectivity index (χ3v) is 6.69. The number of piperidine rings is 1. The first-order chi connectivity index (χ1) is 11.9. The topological polar surface area (TPSA) is 58.1 Å². The highest BCUT2D eigenvalue weighted by atomic mass is 127. The van der Waals surface area contributed by atoms with E-state index in [-0.39, 0.29) is 35.0 Å². The second kappa shape index (κ2) is 10.4. The Morgan fingerprint density at radius 2 is 1.85 bits per heavy atom. The third kappa shape index (κ3) is 5.45. The monoisotopic (exact) mass is 482 g/mol. The number of hydrogen-bond donors (Lipinski definition) is 2. The van der Waals surface area contributed by atoms with Gasteiger partial charge in [-0.25, -0.2) is 0 Å². The molecule has 2 N–H and O–H groups in total. The van der Waals surface area contributed by atoms with Crippen molar-refractivity contribution in [1.82, 2.24) is 15.5 Å². The summed E-state index contributed by atoms with van der Waals surface area (Å²) in [6.07, 6.45) is 3.49. The molecule has 6 nitrogen and oxygen atoms in total. The van der Waals surface area contributed by atoms with Gasteiger partial charge in [0, 0.05) is 45.8 Å². The van der Waals surface area contributed by atoms with Gasteiger partial charge in [-0.3, -0.25) is 4.99 Å². The second-order valence-corrected chi connectivity index (χ2v) is 8.29. The molecule has 1 saturated heterocycles. The predicted octanol–water partition coefficient (Wildman–Crippen LogP) is 2.33. The molecule has 0 aromatic carbocycles. The van der Waals surface area contributed by atoms with Crippen LogP contribution in [0.1, 0.15) is 40.0 Å². The molecule has 26 heavy (non-hydrogen) atoms. The Kier molecular flexibility index (Phi) is 9.60. The van der Waals surface area contributed by atoms with Crippen LogP contribution in [0.2, 0.25) is 0 Å². The number of nitrogens with one attached hydrogen (secondary N) is 2. The molecule has 0 aromatic rings. The van der Waals surface area contributed by atoms with Crippen LogP contribution in [0.5, 0.6) is 0 Å². The lowest BCUT2D eigenvalue weighted by atomic mass is 9.56. The second-order valence-electron chi connectivity index (χ2n) is 8.29. The van der Waals surface area contributed by atoms with Crippen LogP contribution in [-0.2, 0) is 9.47 Å². The number of methoxy groups -OCH3 is 2. The van der Waals surface area contributed by atoms with Gasteiger partial charge in [0.1, 0.15) is 0 Å². The summed E-state index contributed by atoms with van der Waals surface area (Å²) < 4.78 is 10.9. The van der Waals surface area contributed by atoms with Crippen LogP contribution in [-0.4, -0.2) is 76.6 Å². The van der Waals surface area contributed by atoms with E-state index in [4.69, 9.17) is 9.47 Å². The molecule has 2 rings (SSSR count). The van der Waals surface area contributed by atoms with Crippen LogP contribution in [0.3, 0.4) is 0 Å². The molecule has 2 fully saturated rings. The Labute approximate surface area is 176 Å². The van der Waals surface area contributed by atoms with Crippen molar-refractivity contribution < 1.29 is 9.47 Å². The molecule has 1 heterocycles. The van der Waals surface area contributed by atoms with Crippen molar-refractivity contribution in [1.29, 1.82) is 0 Å². The average Bonchev–Trinajstić information content (AvgIpc) is 2.63. The highest BCUT2D eigenvalue weighted by Gasteiger charge is 2.58. The van der Waals surface area contributed by atoms with Gasteiger partial charge in [-0.1, -0.05) is 13.8 Å². The maximum Gasteiger partial charge on any atom is 0.191 e. The van der Waals surface area contributed by atoms with Crippen LogP contribution in [0.4, 0.5) is 0 Å². The fraction of sp³-hybridized carbons (Fsp3) is 0.947. The zero-order valence-corrected chi connectivity index (χ0v) is 19.8. The van der Waals surface area contributed by atoms with E-state index in [1.165, 1.54) is 25.9 Å². The Morgan fingerprint density at radius 1 is 1.19 bits per heavy atom. The van der Waals surface area contributed by atoms with E-state index in [0.717, 1.165) is 38.0 Å². The predicted molar refractivity (Wildman–Crippen MR) is 119 cm³/mol. The summed E-state index contributed by atoms with van der Waals surface area (Å²) >= 11 is 0. The van der Waals surface area contributed by atoms with Crippen molar-refractivity contribution >= 4 is 29.9 Å². The maximum absolute atomic E-state index is 5.71. The molecule has 1 saturated carbocycles. The molecule has 0 bridgehead atoms. The molecule has 0 radical (unpaired) electrons. The Morgan fingerprint density at radius 3 is 2.35 bits per heavy atom. The number of halogens is 1. The summed E-state index contributed by atoms with van der Waals surface area (Å²) in [5.41, 5.74) is 0.0323. The van der Waals surface area contributed by atoms with Gasteiger partial charge in [-0.15, -0.1) is 24.0 Å². The summed E-state index contributed by atoms with van der Waals surface area (Å²) in [6, 6.07) is 0.388. The van der Waals surface area contributed by atoms with Crippen molar-refractivity contribution in [3.63, 3.8) is 0 Å². The van der Waals surface area contributed by atoms with Crippen LogP contribution < -0.4 is 10.6 Å².